The predicted molar refractivity (Wildman–Crippen MR) is 79.9 cm³/mol. The third-order valence-corrected chi connectivity index (χ3v) is 3.37. The van der Waals surface area contributed by atoms with Gasteiger partial charge in [-0.3, -0.25) is 0 Å². The third kappa shape index (κ3) is 3.49. The largest absolute Gasteiger partial charge is 0.456 e. The first-order chi connectivity index (χ1) is 9.10. The third-order valence-electron chi connectivity index (χ3n) is 3.06. The van der Waals surface area contributed by atoms with Crippen LogP contribution in [0, 0.1) is 6.92 Å². The molecule has 19 heavy (non-hydrogen) atoms. The van der Waals surface area contributed by atoms with Crippen molar-refractivity contribution in [1.82, 2.24) is 0 Å². The van der Waals surface area contributed by atoms with E-state index < -0.39 is 0 Å². The van der Waals surface area contributed by atoms with Gasteiger partial charge in [0.05, 0.1) is 5.02 Å². The van der Waals surface area contributed by atoms with E-state index in [1.54, 1.807) is 0 Å². The molecule has 0 fully saturated rings. The fourth-order valence-corrected chi connectivity index (χ4v) is 1.99. The molecule has 0 spiro atoms. The summed E-state index contributed by atoms with van der Waals surface area (Å²) in [6, 6.07) is 13.6. The van der Waals surface area contributed by atoms with E-state index in [1.165, 1.54) is 0 Å². The van der Waals surface area contributed by atoms with Crippen molar-refractivity contribution >= 4 is 11.6 Å². The molecule has 100 valence electrons. The molecule has 0 aliphatic rings. The molecule has 0 heterocycles. The van der Waals surface area contributed by atoms with Crippen molar-refractivity contribution in [1.29, 1.82) is 0 Å². The molecular formula is C16H18ClNO. The van der Waals surface area contributed by atoms with E-state index in [2.05, 4.69) is 6.92 Å². The number of benzene rings is 2. The Hall–Kier alpha value is -1.51. The van der Waals surface area contributed by atoms with Gasteiger partial charge in [0, 0.05) is 6.04 Å². The average molecular weight is 276 g/mol. The topological polar surface area (TPSA) is 35.2 Å². The average Bonchev–Trinajstić information content (AvgIpc) is 2.43. The van der Waals surface area contributed by atoms with Crippen LogP contribution >= 0.6 is 11.6 Å². The molecule has 0 saturated heterocycles. The Kier molecular flexibility index (Phi) is 4.46. The Morgan fingerprint density at radius 2 is 1.84 bits per heavy atom. The molecule has 2 nitrogen and oxygen atoms in total. The van der Waals surface area contributed by atoms with Crippen LogP contribution < -0.4 is 10.5 Å². The minimum absolute atomic E-state index is 0.0802. The summed E-state index contributed by atoms with van der Waals surface area (Å²) in [5.74, 6) is 1.44. The van der Waals surface area contributed by atoms with Crippen LogP contribution in [0.2, 0.25) is 5.02 Å². The lowest BCUT2D eigenvalue weighted by molar-refractivity contribution is 0.482. The second kappa shape index (κ2) is 6.09. The molecule has 2 aromatic rings. The first kappa shape index (κ1) is 13.9. The molecule has 0 aromatic heterocycles. The number of halogens is 1. The predicted octanol–water partition coefficient (Wildman–Crippen LogP) is 4.85. The first-order valence-corrected chi connectivity index (χ1v) is 6.77. The summed E-state index contributed by atoms with van der Waals surface area (Å²) in [6.45, 7) is 4.08. The smallest absolute Gasteiger partial charge is 0.146 e. The number of rotatable bonds is 4. The van der Waals surface area contributed by atoms with E-state index in [0.29, 0.717) is 10.8 Å². The van der Waals surface area contributed by atoms with Gasteiger partial charge < -0.3 is 10.5 Å². The van der Waals surface area contributed by atoms with Crippen molar-refractivity contribution in [2.45, 2.75) is 26.3 Å². The van der Waals surface area contributed by atoms with Gasteiger partial charge in [-0.15, -0.1) is 0 Å². The molecule has 0 amide bonds. The van der Waals surface area contributed by atoms with Gasteiger partial charge in [-0.05, 0) is 48.7 Å². The van der Waals surface area contributed by atoms with Crippen molar-refractivity contribution in [3.8, 4) is 11.5 Å². The normalized spacial score (nSPS) is 12.2. The van der Waals surface area contributed by atoms with Gasteiger partial charge in [-0.2, -0.15) is 0 Å². The molecule has 0 aliphatic heterocycles. The first-order valence-electron chi connectivity index (χ1n) is 6.39. The molecular weight excluding hydrogens is 258 g/mol. The fourth-order valence-electron chi connectivity index (χ4n) is 1.83. The van der Waals surface area contributed by atoms with Crippen molar-refractivity contribution in [2.75, 3.05) is 0 Å². The SMILES string of the molecule is CC[C@H](N)c1ccc(Oc2cc(C)ccc2Cl)cc1. The van der Waals surface area contributed by atoms with Gasteiger partial charge in [0.1, 0.15) is 11.5 Å². The molecule has 2 rings (SSSR count). The second-order valence-electron chi connectivity index (χ2n) is 4.62. The zero-order chi connectivity index (χ0) is 13.8. The van der Waals surface area contributed by atoms with Crippen LogP contribution in [-0.4, -0.2) is 0 Å². The van der Waals surface area contributed by atoms with Crippen LogP contribution in [0.1, 0.15) is 30.5 Å². The molecule has 0 aliphatic carbocycles. The van der Waals surface area contributed by atoms with Crippen molar-refractivity contribution < 1.29 is 4.74 Å². The molecule has 0 unspecified atom stereocenters. The Balaban J connectivity index is 2.17. The Morgan fingerprint density at radius 1 is 1.16 bits per heavy atom. The van der Waals surface area contributed by atoms with Crippen LogP contribution in [-0.2, 0) is 0 Å². The molecule has 2 N–H and O–H groups in total. The Labute approximate surface area is 119 Å². The van der Waals surface area contributed by atoms with Gasteiger partial charge in [0.15, 0.2) is 0 Å². The summed E-state index contributed by atoms with van der Waals surface area (Å²) < 4.78 is 5.79. The fraction of sp³-hybridized carbons (Fsp3) is 0.250. The monoisotopic (exact) mass is 275 g/mol. The number of ether oxygens (including phenoxy) is 1. The van der Waals surface area contributed by atoms with Crippen LogP contribution in [0.25, 0.3) is 0 Å². The van der Waals surface area contributed by atoms with Gasteiger partial charge in [-0.25, -0.2) is 0 Å². The molecule has 2 aromatic carbocycles. The summed E-state index contributed by atoms with van der Waals surface area (Å²) in [6.07, 6.45) is 0.921. The number of aryl methyl sites for hydroxylation is 1. The summed E-state index contributed by atoms with van der Waals surface area (Å²) in [4.78, 5) is 0. The Bertz CT molecular complexity index is 551. The lowest BCUT2D eigenvalue weighted by Gasteiger charge is -2.11. The quantitative estimate of drug-likeness (QED) is 0.866. The molecule has 1 atom stereocenters. The van der Waals surface area contributed by atoms with Crippen LogP contribution in [0.5, 0.6) is 11.5 Å². The van der Waals surface area contributed by atoms with E-state index >= 15 is 0 Å². The second-order valence-corrected chi connectivity index (χ2v) is 5.03. The van der Waals surface area contributed by atoms with Crippen LogP contribution in [0.15, 0.2) is 42.5 Å². The lowest BCUT2D eigenvalue weighted by Crippen LogP contribution is -2.08. The van der Waals surface area contributed by atoms with E-state index in [4.69, 9.17) is 22.1 Å². The maximum absolute atomic E-state index is 6.11. The standard InChI is InChI=1S/C16H18ClNO/c1-3-15(18)12-5-7-13(8-6-12)19-16-10-11(2)4-9-14(16)17/h4-10,15H,3,18H2,1-2H3/t15-/m0/s1. The number of nitrogens with two attached hydrogens (primary N) is 1. The highest BCUT2D eigenvalue weighted by Crippen LogP contribution is 2.30. The zero-order valence-electron chi connectivity index (χ0n) is 11.2. The molecule has 0 radical (unpaired) electrons. The van der Waals surface area contributed by atoms with Gasteiger partial charge in [-0.1, -0.05) is 36.7 Å². The van der Waals surface area contributed by atoms with Crippen molar-refractivity contribution in [2.24, 2.45) is 5.73 Å². The summed E-state index contributed by atoms with van der Waals surface area (Å²) in [5, 5.41) is 0.611. The summed E-state index contributed by atoms with van der Waals surface area (Å²) in [5.41, 5.74) is 8.21. The van der Waals surface area contributed by atoms with E-state index in [0.717, 1.165) is 23.3 Å². The lowest BCUT2D eigenvalue weighted by atomic mass is 10.1. The zero-order valence-corrected chi connectivity index (χ0v) is 11.9. The summed E-state index contributed by atoms with van der Waals surface area (Å²) >= 11 is 6.11. The van der Waals surface area contributed by atoms with Crippen molar-refractivity contribution in [3.63, 3.8) is 0 Å². The van der Waals surface area contributed by atoms with Gasteiger partial charge in [0.2, 0.25) is 0 Å². The van der Waals surface area contributed by atoms with E-state index in [1.807, 2.05) is 49.4 Å². The van der Waals surface area contributed by atoms with Crippen LogP contribution in [0.3, 0.4) is 0 Å². The summed E-state index contributed by atoms with van der Waals surface area (Å²) in [7, 11) is 0. The highest BCUT2D eigenvalue weighted by molar-refractivity contribution is 6.32. The molecule has 0 bridgehead atoms. The number of hydrogen-bond acceptors (Lipinski definition) is 2. The van der Waals surface area contributed by atoms with E-state index in [9.17, 15) is 0 Å². The maximum atomic E-state index is 6.11. The van der Waals surface area contributed by atoms with E-state index in [-0.39, 0.29) is 6.04 Å². The maximum Gasteiger partial charge on any atom is 0.146 e. The number of hydrogen-bond donors (Lipinski definition) is 1. The van der Waals surface area contributed by atoms with Crippen molar-refractivity contribution in [3.05, 3.63) is 58.6 Å². The molecule has 3 heteroatoms. The van der Waals surface area contributed by atoms with Crippen LogP contribution in [0.4, 0.5) is 0 Å². The van der Waals surface area contributed by atoms with Gasteiger partial charge >= 0.3 is 0 Å². The highest BCUT2D eigenvalue weighted by Gasteiger charge is 2.06. The minimum Gasteiger partial charge on any atom is -0.456 e. The Morgan fingerprint density at radius 3 is 2.47 bits per heavy atom. The minimum atomic E-state index is 0.0802. The highest BCUT2D eigenvalue weighted by atomic mass is 35.5. The van der Waals surface area contributed by atoms with Gasteiger partial charge in [0.25, 0.3) is 0 Å². The molecule has 0 saturated carbocycles.